The van der Waals surface area contributed by atoms with E-state index in [2.05, 4.69) is 20.6 Å². The Labute approximate surface area is 162 Å². The van der Waals surface area contributed by atoms with Crippen molar-refractivity contribution in [3.63, 3.8) is 0 Å². The minimum Gasteiger partial charge on any atom is -0.465 e. The molecule has 0 atom stereocenters. The summed E-state index contributed by atoms with van der Waals surface area (Å²) in [6, 6.07) is 12.6. The Morgan fingerprint density at radius 3 is 2.43 bits per heavy atom. The van der Waals surface area contributed by atoms with Gasteiger partial charge in [-0.1, -0.05) is 18.2 Å². The van der Waals surface area contributed by atoms with Gasteiger partial charge in [-0.25, -0.2) is 14.8 Å². The number of aryl methyl sites for hydroxylation is 2. The largest absolute Gasteiger partial charge is 0.465 e. The van der Waals surface area contributed by atoms with Crippen molar-refractivity contribution in [1.82, 2.24) is 9.97 Å². The molecule has 0 radical (unpaired) electrons. The van der Waals surface area contributed by atoms with Gasteiger partial charge in [0.15, 0.2) is 0 Å². The fraction of sp³-hybridized carbons (Fsp3) is 0.143. The summed E-state index contributed by atoms with van der Waals surface area (Å²) in [4.78, 5) is 32.6. The van der Waals surface area contributed by atoms with Crippen LogP contribution in [0.3, 0.4) is 0 Å². The van der Waals surface area contributed by atoms with Crippen LogP contribution < -0.4 is 10.6 Å². The van der Waals surface area contributed by atoms with Gasteiger partial charge in [0.25, 0.3) is 5.91 Å². The van der Waals surface area contributed by atoms with Crippen LogP contribution in [0.2, 0.25) is 0 Å². The molecular formula is C21H20N4O3. The van der Waals surface area contributed by atoms with E-state index in [9.17, 15) is 9.59 Å². The number of esters is 1. The lowest BCUT2D eigenvalue weighted by atomic mass is 10.1. The second-order valence-electron chi connectivity index (χ2n) is 6.20. The number of ether oxygens (including phenoxy) is 1. The molecule has 0 aliphatic carbocycles. The van der Waals surface area contributed by atoms with Gasteiger partial charge in [0.2, 0.25) is 0 Å². The molecule has 0 saturated carbocycles. The molecule has 3 rings (SSSR count). The molecule has 1 aromatic heterocycles. The highest BCUT2D eigenvalue weighted by molar-refractivity contribution is 6.02. The molecule has 28 heavy (non-hydrogen) atoms. The van der Waals surface area contributed by atoms with Gasteiger partial charge in [-0.15, -0.1) is 0 Å². The number of aromatic nitrogens is 2. The van der Waals surface area contributed by atoms with Crippen LogP contribution in [0.1, 0.15) is 32.0 Å². The maximum absolute atomic E-state index is 12.4. The number of methoxy groups -OCH3 is 1. The second kappa shape index (κ2) is 8.30. The SMILES string of the molecule is COC(=O)c1ccccc1Nc1cnc(C(=O)Nc2ccc(C)c(C)c2)cn1. The maximum atomic E-state index is 12.4. The Kier molecular flexibility index (Phi) is 5.64. The van der Waals surface area contributed by atoms with Gasteiger partial charge < -0.3 is 15.4 Å². The van der Waals surface area contributed by atoms with E-state index < -0.39 is 5.97 Å². The predicted molar refractivity (Wildman–Crippen MR) is 107 cm³/mol. The van der Waals surface area contributed by atoms with E-state index >= 15 is 0 Å². The Morgan fingerprint density at radius 2 is 1.75 bits per heavy atom. The van der Waals surface area contributed by atoms with Crippen LogP contribution in [0.5, 0.6) is 0 Å². The molecular weight excluding hydrogens is 356 g/mol. The highest BCUT2D eigenvalue weighted by Gasteiger charge is 2.13. The third kappa shape index (κ3) is 4.32. The van der Waals surface area contributed by atoms with E-state index in [1.54, 1.807) is 24.3 Å². The molecule has 2 aromatic carbocycles. The molecule has 0 fully saturated rings. The molecule has 0 bridgehead atoms. The minimum atomic E-state index is -0.458. The average molecular weight is 376 g/mol. The van der Waals surface area contributed by atoms with E-state index in [1.165, 1.54) is 19.5 Å². The fourth-order valence-electron chi connectivity index (χ4n) is 2.54. The summed E-state index contributed by atoms with van der Waals surface area (Å²) >= 11 is 0. The third-order valence-electron chi connectivity index (χ3n) is 4.24. The van der Waals surface area contributed by atoms with Crippen LogP contribution in [0.4, 0.5) is 17.2 Å². The van der Waals surface area contributed by atoms with Gasteiger partial charge in [-0.3, -0.25) is 4.79 Å². The standard InChI is InChI=1S/C21H20N4O3/c1-13-8-9-15(10-14(13)2)24-20(26)18-11-23-19(12-22-18)25-17-7-5-4-6-16(17)21(27)28-3/h4-12H,1-3H3,(H,23,25)(H,24,26). The smallest absolute Gasteiger partial charge is 0.339 e. The van der Waals surface area contributed by atoms with Gasteiger partial charge >= 0.3 is 5.97 Å². The Hall–Kier alpha value is -3.74. The van der Waals surface area contributed by atoms with Gasteiger partial charge in [-0.05, 0) is 49.2 Å². The van der Waals surface area contributed by atoms with Crippen molar-refractivity contribution in [2.45, 2.75) is 13.8 Å². The molecule has 0 aliphatic heterocycles. The highest BCUT2D eigenvalue weighted by atomic mass is 16.5. The van der Waals surface area contributed by atoms with E-state index in [1.807, 2.05) is 32.0 Å². The van der Waals surface area contributed by atoms with Crippen molar-refractivity contribution in [3.05, 3.63) is 77.2 Å². The number of benzene rings is 2. The van der Waals surface area contributed by atoms with E-state index in [0.29, 0.717) is 22.8 Å². The number of amides is 1. The number of carbonyl (C=O) groups excluding carboxylic acids is 2. The number of nitrogens with one attached hydrogen (secondary N) is 2. The summed E-state index contributed by atoms with van der Waals surface area (Å²) in [5, 5.41) is 5.82. The van der Waals surface area contributed by atoms with E-state index in [-0.39, 0.29) is 11.6 Å². The lowest BCUT2D eigenvalue weighted by molar-refractivity contribution is 0.0601. The quantitative estimate of drug-likeness (QED) is 0.657. The number of carbonyl (C=O) groups is 2. The number of para-hydroxylation sites is 1. The van der Waals surface area contributed by atoms with Gasteiger partial charge in [-0.2, -0.15) is 0 Å². The Balaban J connectivity index is 1.72. The molecule has 1 heterocycles. The molecule has 0 saturated heterocycles. The van der Waals surface area contributed by atoms with Crippen LogP contribution in [-0.4, -0.2) is 29.0 Å². The third-order valence-corrected chi connectivity index (χ3v) is 4.24. The van der Waals surface area contributed by atoms with Crippen LogP contribution in [0.15, 0.2) is 54.9 Å². The summed E-state index contributed by atoms with van der Waals surface area (Å²) in [5.41, 5.74) is 4.04. The normalized spacial score (nSPS) is 10.2. The van der Waals surface area contributed by atoms with E-state index in [4.69, 9.17) is 4.74 Å². The summed E-state index contributed by atoms with van der Waals surface area (Å²) in [6.45, 7) is 3.99. The first-order valence-electron chi connectivity index (χ1n) is 8.63. The van der Waals surface area contributed by atoms with Crippen molar-refractivity contribution < 1.29 is 14.3 Å². The fourth-order valence-corrected chi connectivity index (χ4v) is 2.54. The molecule has 0 unspecified atom stereocenters. The molecule has 2 N–H and O–H groups in total. The first-order chi connectivity index (χ1) is 13.5. The van der Waals surface area contributed by atoms with Crippen molar-refractivity contribution in [2.75, 3.05) is 17.7 Å². The molecule has 7 nitrogen and oxygen atoms in total. The Morgan fingerprint density at radius 1 is 0.964 bits per heavy atom. The number of anilines is 3. The van der Waals surface area contributed by atoms with Crippen molar-refractivity contribution in [2.24, 2.45) is 0 Å². The van der Waals surface area contributed by atoms with Gasteiger partial charge in [0.1, 0.15) is 11.5 Å². The maximum Gasteiger partial charge on any atom is 0.339 e. The highest BCUT2D eigenvalue weighted by Crippen LogP contribution is 2.20. The van der Waals surface area contributed by atoms with Gasteiger partial charge in [0.05, 0.1) is 30.8 Å². The average Bonchev–Trinajstić information content (AvgIpc) is 2.71. The van der Waals surface area contributed by atoms with Gasteiger partial charge in [0, 0.05) is 5.69 Å². The number of hydrogen-bond donors (Lipinski definition) is 2. The first-order valence-corrected chi connectivity index (χ1v) is 8.63. The first kappa shape index (κ1) is 19.0. The summed E-state index contributed by atoms with van der Waals surface area (Å²) in [7, 11) is 1.32. The molecule has 7 heteroatoms. The monoisotopic (exact) mass is 376 g/mol. The zero-order valence-corrected chi connectivity index (χ0v) is 15.8. The van der Waals surface area contributed by atoms with Crippen molar-refractivity contribution >= 4 is 29.1 Å². The zero-order chi connectivity index (χ0) is 20.1. The van der Waals surface area contributed by atoms with E-state index in [0.717, 1.165) is 11.1 Å². The van der Waals surface area contributed by atoms with Crippen LogP contribution >= 0.6 is 0 Å². The molecule has 3 aromatic rings. The topological polar surface area (TPSA) is 93.2 Å². The lowest BCUT2D eigenvalue weighted by Gasteiger charge is -2.10. The molecule has 142 valence electrons. The molecule has 1 amide bonds. The summed E-state index contributed by atoms with van der Waals surface area (Å²) < 4.78 is 4.77. The van der Waals surface area contributed by atoms with Crippen LogP contribution in [-0.2, 0) is 4.74 Å². The molecule has 0 aliphatic rings. The van der Waals surface area contributed by atoms with Crippen molar-refractivity contribution in [3.8, 4) is 0 Å². The van der Waals surface area contributed by atoms with Crippen molar-refractivity contribution in [1.29, 1.82) is 0 Å². The number of hydrogen-bond acceptors (Lipinski definition) is 6. The van der Waals surface area contributed by atoms with Crippen LogP contribution in [0, 0.1) is 13.8 Å². The molecule has 0 spiro atoms. The second-order valence-corrected chi connectivity index (χ2v) is 6.20. The van der Waals surface area contributed by atoms with Crippen LogP contribution in [0.25, 0.3) is 0 Å². The lowest BCUT2D eigenvalue weighted by Crippen LogP contribution is -2.14. The predicted octanol–water partition coefficient (Wildman–Crippen LogP) is 3.88. The zero-order valence-electron chi connectivity index (χ0n) is 15.8. The number of nitrogens with zero attached hydrogens (tertiary/aromatic N) is 2. The minimum absolute atomic E-state index is 0.185. The number of rotatable bonds is 5. The Bertz CT molecular complexity index is 1020. The summed E-state index contributed by atoms with van der Waals surface area (Å²) in [5.74, 6) is -0.406. The summed E-state index contributed by atoms with van der Waals surface area (Å²) in [6.07, 6.45) is 2.81.